The molecule has 2 aromatic rings. The van der Waals surface area contributed by atoms with Gasteiger partial charge in [-0.1, -0.05) is 52.7 Å². The van der Waals surface area contributed by atoms with E-state index in [0.29, 0.717) is 17.6 Å². The van der Waals surface area contributed by atoms with Gasteiger partial charge in [0, 0.05) is 24.9 Å². The minimum Gasteiger partial charge on any atom is -0.370 e. The summed E-state index contributed by atoms with van der Waals surface area (Å²) in [5.41, 5.74) is 9.30. The van der Waals surface area contributed by atoms with Gasteiger partial charge in [0.25, 0.3) is 5.91 Å². The van der Waals surface area contributed by atoms with Gasteiger partial charge in [-0.3, -0.25) is 14.2 Å². The number of carbonyl (C=O) groups excluding carboxylic acids is 3. The van der Waals surface area contributed by atoms with Crippen molar-refractivity contribution in [3.05, 3.63) is 34.7 Å². The molecule has 1 atom stereocenters. The van der Waals surface area contributed by atoms with Crippen LogP contribution in [0.25, 0.3) is 11.0 Å². The number of nitrogens with zero attached hydrogens (tertiary/aromatic N) is 2. The van der Waals surface area contributed by atoms with Crippen LogP contribution >= 0.6 is 0 Å². The SMILES string of the molecule is CCCCCn1c(=O)n(C(=O)N[C@](N)(C(=O)NCCC(N)=O)C(C)(C)C)c2ccccc21. The summed E-state index contributed by atoms with van der Waals surface area (Å²) in [4.78, 5) is 50.3. The van der Waals surface area contributed by atoms with Crippen LogP contribution in [-0.2, 0) is 16.1 Å². The normalized spacial score (nSPS) is 13.5. The first kappa shape index (κ1) is 25.1. The molecule has 0 saturated heterocycles. The number of fused-ring (bicyclic) bond motifs is 1. The Balaban J connectivity index is 2.42. The van der Waals surface area contributed by atoms with Crippen LogP contribution in [0.15, 0.2) is 29.1 Å². The van der Waals surface area contributed by atoms with Crippen molar-refractivity contribution in [3.8, 4) is 0 Å². The highest BCUT2D eigenvalue weighted by Gasteiger charge is 2.47. The second-order valence-electron chi connectivity index (χ2n) is 8.93. The molecule has 0 unspecified atom stereocenters. The highest BCUT2D eigenvalue weighted by atomic mass is 16.2. The van der Waals surface area contributed by atoms with Crippen molar-refractivity contribution in [1.82, 2.24) is 19.8 Å². The topological polar surface area (TPSA) is 154 Å². The van der Waals surface area contributed by atoms with E-state index in [-0.39, 0.29) is 13.0 Å². The fraction of sp³-hybridized carbons (Fsp3) is 0.545. The Kier molecular flexibility index (Phi) is 7.84. The van der Waals surface area contributed by atoms with Gasteiger partial charge < -0.3 is 22.1 Å². The number of nitrogens with one attached hydrogen (secondary N) is 2. The standard InChI is InChI=1S/C22H34N6O4/c1-5-6-9-14-27-15-10-7-8-11-16(15)28(20(27)32)19(31)26-22(24,21(2,3)4)18(30)25-13-12-17(23)29/h7-8,10-11H,5-6,9,12-14,24H2,1-4H3,(H2,23,29)(H,25,30)(H,26,31)/t22-/m1/s1. The molecule has 10 nitrogen and oxygen atoms in total. The Bertz CT molecular complexity index is 1050. The van der Waals surface area contributed by atoms with E-state index in [1.807, 2.05) is 0 Å². The summed E-state index contributed by atoms with van der Waals surface area (Å²) in [5.74, 6) is -1.26. The minimum atomic E-state index is -1.85. The van der Waals surface area contributed by atoms with Crippen LogP contribution in [0.1, 0.15) is 53.4 Å². The average Bonchev–Trinajstić information content (AvgIpc) is 2.98. The van der Waals surface area contributed by atoms with E-state index < -0.39 is 34.6 Å². The monoisotopic (exact) mass is 446 g/mol. The lowest BCUT2D eigenvalue weighted by Crippen LogP contribution is -2.72. The van der Waals surface area contributed by atoms with Crippen LogP contribution in [-0.4, -0.2) is 39.2 Å². The minimum absolute atomic E-state index is 0.0181. The molecule has 6 N–H and O–H groups in total. The molecule has 1 aromatic carbocycles. The van der Waals surface area contributed by atoms with Gasteiger partial charge in [0.2, 0.25) is 5.91 Å². The van der Waals surface area contributed by atoms with Crippen LogP contribution in [0.3, 0.4) is 0 Å². The molecule has 32 heavy (non-hydrogen) atoms. The van der Waals surface area contributed by atoms with Gasteiger partial charge in [0.05, 0.1) is 11.0 Å². The van der Waals surface area contributed by atoms with Gasteiger partial charge in [-0.2, -0.15) is 0 Å². The zero-order chi connectivity index (χ0) is 24.1. The number of nitrogens with two attached hydrogens (primary N) is 2. The fourth-order valence-electron chi connectivity index (χ4n) is 3.39. The molecular weight excluding hydrogens is 412 g/mol. The number of carbonyl (C=O) groups is 3. The first-order valence-corrected chi connectivity index (χ1v) is 10.8. The van der Waals surface area contributed by atoms with Crippen molar-refractivity contribution in [2.45, 2.75) is 65.6 Å². The quantitative estimate of drug-likeness (QED) is 0.337. The number of primary amides is 1. The predicted molar refractivity (Wildman–Crippen MR) is 123 cm³/mol. The number of unbranched alkanes of at least 4 members (excludes halogenated alkanes) is 2. The molecule has 0 bridgehead atoms. The van der Waals surface area contributed by atoms with Crippen LogP contribution in [0.4, 0.5) is 4.79 Å². The zero-order valence-electron chi connectivity index (χ0n) is 19.2. The van der Waals surface area contributed by atoms with Gasteiger partial charge >= 0.3 is 11.7 Å². The molecule has 0 radical (unpaired) electrons. The maximum absolute atomic E-state index is 13.3. The Morgan fingerprint density at radius 3 is 2.25 bits per heavy atom. The molecule has 1 heterocycles. The number of aryl methyl sites for hydroxylation is 1. The van der Waals surface area contributed by atoms with Crippen LogP contribution in [0, 0.1) is 5.41 Å². The smallest absolute Gasteiger partial charge is 0.337 e. The summed E-state index contributed by atoms with van der Waals surface area (Å²) in [6, 6.07) is 6.19. The third-order valence-corrected chi connectivity index (χ3v) is 5.53. The molecule has 0 fully saturated rings. The van der Waals surface area contributed by atoms with Crippen molar-refractivity contribution >= 4 is 28.9 Å². The predicted octanol–water partition coefficient (Wildman–Crippen LogP) is 1.24. The van der Waals surface area contributed by atoms with E-state index in [4.69, 9.17) is 11.5 Å². The molecule has 0 spiro atoms. The molecule has 10 heteroatoms. The number of amides is 3. The maximum atomic E-state index is 13.3. The summed E-state index contributed by atoms with van der Waals surface area (Å²) in [5, 5.41) is 5.10. The van der Waals surface area contributed by atoms with Crippen molar-refractivity contribution in [3.63, 3.8) is 0 Å². The molecule has 176 valence electrons. The second-order valence-corrected chi connectivity index (χ2v) is 8.93. The number of para-hydroxylation sites is 2. The van der Waals surface area contributed by atoms with Gasteiger partial charge in [-0.15, -0.1) is 0 Å². The van der Waals surface area contributed by atoms with Crippen LogP contribution in [0.5, 0.6) is 0 Å². The molecule has 1 aromatic heterocycles. The second kappa shape index (κ2) is 9.99. The van der Waals surface area contributed by atoms with E-state index in [2.05, 4.69) is 17.6 Å². The van der Waals surface area contributed by atoms with E-state index >= 15 is 0 Å². The lowest BCUT2D eigenvalue weighted by atomic mass is 9.80. The third-order valence-electron chi connectivity index (χ3n) is 5.53. The first-order chi connectivity index (χ1) is 14.9. The Hall–Kier alpha value is -3.14. The van der Waals surface area contributed by atoms with Crippen LogP contribution in [0.2, 0.25) is 0 Å². The number of rotatable bonds is 9. The molecule has 0 saturated carbocycles. The molecule has 3 amide bonds. The van der Waals surface area contributed by atoms with Gasteiger partial charge in [-0.25, -0.2) is 14.2 Å². The summed E-state index contributed by atoms with van der Waals surface area (Å²) in [6.45, 7) is 7.61. The van der Waals surface area contributed by atoms with Crippen LogP contribution < -0.4 is 27.8 Å². The zero-order valence-corrected chi connectivity index (χ0v) is 19.2. The molecule has 0 aliphatic carbocycles. The fourth-order valence-corrected chi connectivity index (χ4v) is 3.39. The van der Waals surface area contributed by atoms with Crippen molar-refractivity contribution in [2.24, 2.45) is 16.9 Å². The summed E-state index contributed by atoms with van der Waals surface area (Å²) in [7, 11) is 0. The maximum Gasteiger partial charge on any atom is 0.337 e. The van der Waals surface area contributed by atoms with Crippen molar-refractivity contribution in [2.75, 3.05) is 6.54 Å². The molecule has 0 aliphatic rings. The average molecular weight is 447 g/mol. The molecule has 2 rings (SSSR count). The van der Waals surface area contributed by atoms with E-state index in [9.17, 15) is 19.2 Å². The summed E-state index contributed by atoms with van der Waals surface area (Å²) < 4.78 is 2.57. The molecule has 0 aliphatic heterocycles. The number of aromatic nitrogens is 2. The number of hydrogen-bond donors (Lipinski definition) is 4. The summed E-state index contributed by atoms with van der Waals surface area (Å²) >= 11 is 0. The van der Waals surface area contributed by atoms with Gasteiger partial charge in [0.15, 0.2) is 5.66 Å². The Morgan fingerprint density at radius 1 is 1.06 bits per heavy atom. The molecular formula is C22H34N6O4. The van der Waals surface area contributed by atoms with Gasteiger partial charge in [-0.05, 0) is 18.6 Å². The highest BCUT2D eigenvalue weighted by molar-refractivity contribution is 5.95. The lowest BCUT2D eigenvalue weighted by molar-refractivity contribution is -0.131. The van der Waals surface area contributed by atoms with Gasteiger partial charge in [0.1, 0.15) is 0 Å². The first-order valence-electron chi connectivity index (χ1n) is 10.8. The third kappa shape index (κ3) is 5.18. The number of hydrogen-bond acceptors (Lipinski definition) is 5. The Labute approximate surface area is 187 Å². The highest BCUT2D eigenvalue weighted by Crippen LogP contribution is 2.26. The lowest BCUT2D eigenvalue weighted by Gasteiger charge is -2.40. The number of imidazole rings is 1. The van der Waals surface area contributed by atoms with Crippen molar-refractivity contribution < 1.29 is 14.4 Å². The number of benzene rings is 1. The van der Waals surface area contributed by atoms with E-state index in [1.54, 1.807) is 49.6 Å². The summed E-state index contributed by atoms with van der Waals surface area (Å²) in [6.07, 6.45) is 2.70. The Morgan fingerprint density at radius 2 is 1.69 bits per heavy atom. The van der Waals surface area contributed by atoms with Crippen molar-refractivity contribution in [1.29, 1.82) is 0 Å². The largest absolute Gasteiger partial charge is 0.370 e. The van der Waals surface area contributed by atoms with E-state index in [1.165, 1.54) is 0 Å². The van der Waals surface area contributed by atoms with E-state index in [0.717, 1.165) is 23.8 Å².